The molecule has 2 aliphatic carbocycles. The zero-order valence-corrected chi connectivity index (χ0v) is 26.9. The number of carboxylic acids is 1. The number of halogens is 3. The van der Waals surface area contributed by atoms with Gasteiger partial charge in [-0.15, -0.1) is 0 Å². The van der Waals surface area contributed by atoms with Gasteiger partial charge in [-0.25, -0.2) is 19.7 Å². The van der Waals surface area contributed by atoms with E-state index in [9.17, 15) is 15.2 Å². The highest BCUT2D eigenvalue weighted by Crippen LogP contribution is 2.48. The molecule has 1 aliphatic heterocycles. The molecule has 0 bridgehead atoms. The van der Waals surface area contributed by atoms with Crippen molar-refractivity contribution in [2.24, 2.45) is 10.8 Å². The minimum Gasteiger partial charge on any atom is -0.545 e. The molecule has 0 aromatic heterocycles. The Morgan fingerprint density at radius 1 is 1.02 bits per heavy atom. The molecule has 3 aromatic carbocycles. The maximum Gasteiger partial charge on any atom is 0.343 e. The second-order valence-corrected chi connectivity index (χ2v) is 14.8. The molecule has 0 saturated carbocycles. The molecule has 8 heteroatoms. The fraction of sp³-hybridized carbons (Fsp3) is 0.395. The van der Waals surface area contributed by atoms with E-state index in [0.717, 1.165) is 48.1 Å². The predicted molar refractivity (Wildman–Crippen MR) is 166 cm³/mol. The topological polar surface area (TPSA) is 77.5 Å². The van der Waals surface area contributed by atoms with Crippen molar-refractivity contribution in [2.75, 3.05) is 0 Å². The van der Waals surface area contributed by atoms with E-state index >= 15 is 13.2 Å². The molecule has 0 fully saturated rings. The molecule has 5 nitrogen and oxygen atoms in total. The maximum absolute atomic E-state index is 17.0. The van der Waals surface area contributed by atoms with Gasteiger partial charge >= 0.3 is 5.54 Å². The minimum atomic E-state index is -2.48. The molecule has 3 unspecified atom stereocenters. The normalized spacial score (nSPS) is 21.5. The average molecular weight is 624 g/mol. The van der Waals surface area contributed by atoms with E-state index in [1.54, 1.807) is 6.07 Å². The van der Waals surface area contributed by atoms with Gasteiger partial charge in [0.2, 0.25) is 0 Å². The fourth-order valence-electron chi connectivity index (χ4n) is 8.06. The molecule has 0 amide bonds. The van der Waals surface area contributed by atoms with Crippen LogP contribution in [0.15, 0.2) is 24.3 Å². The summed E-state index contributed by atoms with van der Waals surface area (Å²) < 4.78 is 54.9. The van der Waals surface area contributed by atoms with Crippen LogP contribution in [0, 0.1) is 46.2 Å². The van der Waals surface area contributed by atoms with Crippen molar-refractivity contribution < 1.29 is 27.8 Å². The summed E-state index contributed by atoms with van der Waals surface area (Å²) in [5, 5.41) is 23.6. The Morgan fingerprint density at radius 3 is 2.33 bits per heavy atom. The first-order valence-corrected chi connectivity index (χ1v) is 15.4. The lowest BCUT2D eigenvalue weighted by Crippen LogP contribution is -2.33. The third kappa shape index (κ3) is 4.69. The Hall–Kier alpha value is -4.56. The van der Waals surface area contributed by atoms with E-state index in [1.165, 1.54) is 0 Å². The van der Waals surface area contributed by atoms with E-state index in [1.807, 2.05) is 24.3 Å². The van der Waals surface area contributed by atoms with Gasteiger partial charge in [-0.1, -0.05) is 47.6 Å². The minimum absolute atomic E-state index is 0.000275. The molecule has 0 N–H and O–H groups in total. The quantitative estimate of drug-likeness (QED) is 0.184. The van der Waals surface area contributed by atoms with Crippen molar-refractivity contribution in [1.29, 1.82) is 5.26 Å². The van der Waals surface area contributed by atoms with Crippen LogP contribution in [0.3, 0.4) is 0 Å². The summed E-state index contributed by atoms with van der Waals surface area (Å²) in [5.41, 5.74) is -2.65. The van der Waals surface area contributed by atoms with Gasteiger partial charge < -0.3 is 14.6 Å². The van der Waals surface area contributed by atoms with Crippen LogP contribution in [0.1, 0.15) is 117 Å². The Bertz CT molecular complexity index is 2090. The first kappa shape index (κ1) is 31.4. The molecule has 3 aliphatic rings. The number of fused-ring (bicyclic) bond motifs is 4. The smallest absolute Gasteiger partial charge is 0.343 e. The summed E-state index contributed by atoms with van der Waals surface area (Å²) in [4.78, 5) is 15.7. The van der Waals surface area contributed by atoms with Crippen LogP contribution < -0.4 is 20.3 Å². The summed E-state index contributed by atoms with van der Waals surface area (Å²) in [5.74, 6) is -6.68. The molecule has 1 heterocycles. The van der Waals surface area contributed by atoms with Gasteiger partial charge in [0.25, 0.3) is 0 Å². The summed E-state index contributed by atoms with van der Waals surface area (Å²) in [6.07, 6.45) is 4.55. The Balaban J connectivity index is 1.84. The van der Waals surface area contributed by atoms with E-state index in [2.05, 4.69) is 52.5 Å². The first-order chi connectivity index (χ1) is 21.4. The number of hydrogen-bond acceptors (Lipinski definition) is 4. The van der Waals surface area contributed by atoms with Crippen LogP contribution in [-0.2, 0) is 12.0 Å². The lowest BCUT2D eigenvalue weighted by Gasteiger charge is -2.37. The van der Waals surface area contributed by atoms with Crippen LogP contribution in [0.2, 0.25) is 0 Å². The van der Waals surface area contributed by atoms with Gasteiger partial charge in [0.1, 0.15) is 22.9 Å². The lowest BCUT2D eigenvalue weighted by atomic mass is 9.69. The Kier molecular flexibility index (Phi) is 6.98. The third-order valence-electron chi connectivity index (χ3n) is 9.86. The summed E-state index contributed by atoms with van der Waals surface area (Å²) in [6, 6.07) is 8.92. The van der Waals surface area contributed by atoms with Crippen LogP contribution in [0.4, 0.5) is 13.2 Å². The van der Waals surface area contributed by atoms with Gasteiger partial charge in [-0.2, -0.15) is 5.26 Å². The van der Waals surface area contributed by atoms with E-state index < -0.39 is 45.7 Å². The number of ether oxygens (including phenoxy) is 1. The third-order valence-corrected chi connectivity index (χ3v) is 9.86. The molecular formula is C38H34F3N2O3-. The van der Waals surface area contributed by atoms with Crippen LogP contribution in [0.25, 0.3) is 16.5 Å². The van der Waals surface area contributed by atoms with Crippen LogP contribution >= 0.6 is 0 Å². The van der Waals surface area contributed by atoms with E-state index in [0.29, 0.717) is 22.3 Å². The van der Waals surface area contributed by atoms with Gasteiger partial charge in [-0.05, 0) is 88.1 Å². The molecule has 0 radical (unpaired) electrons. The second-order valence-electron chi connectivity index (χ2n) is 14.8. The maximum atomic E-state index is 17.0. The standard InChI is InChI=1S/C38H35F3N2O3/c1-18-13-36(3,4)15-20-9-26-24(11-22(18)20)28(25-12-23-19(2)14-37(5,6)16-21(23)10-27(25)46-26)29-30(35(44)45)33(40)34(41)31(32(29)39)38(7,17-42)43-8/h9-12,15,18-19H,13-14,16H2,1-7H3,(H,44,45)/p-1. The van der Waals surface area contributed by atoms with Crippen molar-refractivity contribution in [3.8, 4) is 17.6 Å². The molecule has 0 spiro atoms. The van der Waals surface area contributed by atoms with Crippen molar-refractivity contribution in [3.05, 3.63) is 103 Å². The highest BCUT2D eigenvalue weighted by molar-refractivity contribution is 5.98. The summed E-state index contributed by atoms with van der Waals surface area (Å²) >= 11 is 0. The molecular weight excluding hydrogens is 589 g/mol. The Labute approximate surface area is 266 Å². The average Bonchev–Trinajstić information content (AvgIpc) is 2.95. The zero-order valence-electron chi connectivity index (χ0n) is 26.9. The molecule has 6 rings (SSSR count). The van der Waals surface area contributed by atoms with E-state index in [4.69, 9.17) is 11.3 Å². The first-order valence-electron chi connectivity index (χ1n) is 15.4. The van der Waals surface area contributed by atoms with Gasteiger partial charge in [-0.3, -0.25) is 4.85 Å². The highest BCUT2D eigenvalue weighted by Gasteiger charge is 2.45. The summed E-state index contributed by atoms with van der Waals surface area (Å²) in [7, 11) is 0. The second kappa shape index (κ2) is 10.2. The van der Waals surface area contributed by atoms with Crippen LogP contribution in [-0.4, -0.2) is 5.97 Å². The summed E-state index contributed by atoms with van der Waals surface area (Å²) in [6.45, 7) is 21.3. The highest BCUT2D eigenvalue weighted by atomic mass is 19.2. The number of carbonyl (C=O) groups excluding carboxylic acids is 1. The van der Waals surface area contributed by atoms with Gasteiger partial charge in [0.05, 0.1) is 5.97 Å². The number of carboxylic acid groups (broad SMARTS) is 1. The Morgan fingerprint density at radius 2 is 1.70 bits per heavy atom. The number of nitriles is 1. The molecule has 236 valence electrons. The number of carbonyl (C=O) groups is 1. The van der Waals surface area contributed by atoms with Gasteiger partial charge in [0.15, 0.2) is 17.7 Å². The molecule has 0 saturated heterocycles. The fourth-order valence-corrected chi connectivity index (χ4v) is 8.06. The van der Waals surface area contributed by atoms with Crippen LogP contribution in [0.5, 0.6) is 11.5 Å². The number of rotatable bonds is 3. The molecule has 3 atom stereocenters. The largest absolute Gasteiger partial charge is 0.545 e. The number of nitrogens with zero attached hydrogens (tertiary/aromatic N) is 2. The van der Waals surface area contributed by atoms with Crippen molar-refractivity contribution in [3.63, 3.8) is 0 Å². The molecule has 3 aromatic rings. The molecule has 46 heavy (non-hydrogen) atoms. The zero-order chi connectivity index (χ0) is 33.7. The number of aromatic carboxylic acids is 1. The van der Waals surface area contributed by atoms with Crippen molar-refractivity contribution >= 4 is 17.6 Å². The van der Waals surface area contributed by atoms with E-state index in [-0.39, 0.29) is 28.2 Å². The SMILES string of the molecule is [C-]#[N+]C(C)(C#N)c1c(F)c(F)c(C(=O)[O-])c(C2=c3cc4c(cc3Oc3cc5c(cc32)C(C)CC(C)(C)C5)=CC(C)(C)CC4C)c1F. The van der Waals surface area contributed by atoms with Crippen molar-refractivity contribution in [2.45, 2.75) is 85.1 Å². The number of benzene rings is 3. The van der Waals surface area contributed by atoms with Gasteiger partial charge in [0, 0.05) is 34.4 Å². The monoisotopic (exact) mass is 623 g/mol. The number of hydrogen-bond donors (Lipinski definition) is 0. The lowest BCUT2D eigenvalue weighted by molar-refractivity contribution is -0.255. The predicted octanol–water partition coefficient (Wildman–Crippen LogP) is 6.87. The van der Waals surface area contributed by atoms with Crippen molar-refractivity contribution in [1.82, 2.24) is 0 Å².